The maximum absolute atomic E-state index is 12.4. The summed E-state index contributed by atoms with van der Waals surface area (Å²) in [6, 6.07) is 14.7. The Hall–Kier alpha value is -1.10. The van der Waals surface area contributed by atoms with Gasteiger partial charge in [0.15, 0.2) is 0 Å². The van der Waals surface area contributed by atoms with Gasteiger partial charge in [-0.15, -0.1) is 0 Å². The Labute approximate surface area is 155 Å². The Morgan fingerprint density at radius 2 is 1.77 bits per heavy atom. The van der Waals surface area contributed by atoms with Crippen molar-refractivity contribution in [2.75, 3.05) is 0 Å². The fourth-order valence-corrected chi connectivity index (χ4v) is 4.27. The molecule has 22 heavy (non-hydrogen) atoms. The van der Waals surface area contributed by atoms with Crippen molar-refractivity contribution < 1.29 is 39.5 Å². The van der Waals surface area contributed by atoms with Crippen LogP contribution in [0.25, 0.3) is 15.3 Å². The molecule has 0 spiro atoms. The normalized spacial score (nSPS) is 11.9. The van der Waals surface area contributed by atoms with Crippen molar-refractivity contribution in [1.29, 1.82) is 0 Å². The van der Waals surface area contributed by atoms with Crippen LogP contribution in [0.1, 0.15) is 18.4 Å². The molecule has 0 N–H and O–H groups in total. The van der Waals surface area contributed by atoms with E-state index in [-0.39, 0.29) is 49.8 Å². The number of carbonyl (C=O) groups is 1. The number of fused-ring (bicyclic) bond motifs is 1. The summed E-state index contributed by atoms with van der Waals surface area (Å²) < 4.78 is 2.83. The van der Waals surface area contributed by atoms with Crippen LogP contribution in [0.15, 0.2) is 53.3 Å². The summed E-state index contributed by atoms with van der Waals surface area (Å²) in [6.07, 6.45) is 0. The van der Waals surface area contributed by atoms with Crippen molar-refractivity contribution >= 4 is 30.3 Å². The predicted octanol–water partition coefficient (Wildman–Crippen LogP) is -2.09. The molecular formula is C16H12NNaO3Se. The molecule has 0 amide bonds. The van der Waals surface area contributed by atoms with Crippen molar-refractivity contribution in [2.24, 2.45) is 0 Å². The molecule has 1 heterocycles. The first-order valence-corrected chi connectivity index (χ1v) is 8.12. The van der Waals surface area contributed by atoms with E-state index < -0.39 is 11.9 Å². The SMILES string of the molecule is CC(C(=O)[O-])c1ccc(-n2[se]c3ccccc3c2=O)cc1.[Na+]. The van der Waals surface area contributed by atoms with Gasteiger partial charge in [0.25, 0.3) is 0 Å². The van der Waals surface area contributed by atoms with Gasteiger partial charge in [0.2, 0.25) is 0 Å². The second-order valence-corrected chi connectivity index (χ2v) is 6.89. The number of aromatic nitrogens is 1. The summed E-state index contributed by atoms with van der Waals surface area (Å²) in [4.78, 5) is 23.2. The van der Waals surface area contributed by atoms with E-state index in [9.17, 15) is 14.7 Å². The van der Waals surface area contributed by atoms with E-state index in [2.05, 4.69) is 0 Å². The minimum atomic E-state index is -1.10. The van der Waals surface area contributed by atoms with Gasteiger partial charge in [-0.3, -0.25) is 0 Å². The maximum atomic E-state index is 12.4. The first-order chi connectivity index (χ1) is 10.1. The molecule has 0 bridgehead atoms. The fraction of sp³-hybridized carbons (Fsp3) is 0.125. The van der Waals surface area contributed by atoms with E-state index in [0.29, 0.717) is 5.56 Å². The van der Waals surface area contributed by atoms with E-state index in [1.807, 2.05) is 24.3 Å². The van der Waals surface area contributed by atoms with E-state index in [1.54, 1.807) is 34.8 Å². The van der Waals surface area contributed by atoms with Crippen LogP contribution < -0.4 is 40.2 Å². The standard InChI is InChI=1S/C16H13NO3Se.Na/c1-10(16(19)20)11-6-8-12(9-7-11)17-15(18)13-4-2-3-5-14(13)21-17;/h2-10H,1H3,(H,19,20);/q;+1/p-1. The zero-order valence-corrected chi connectivity index (χ0v) is 16.0. The zero-order chi connectivity index (χ0) is 15.0. The van der Waals surface area contributed by atoms with Gasteiger partial charge < -0.3 is 0 Å². The van der Waals surface area contributed by atoms with Crippen LogP contribution in [0.3, 0.4) is 0 Å². The number of hydrogen-bond acceptors (Lipinski definition) is 3. The molecule has 106 valence electrons. The summed E-state index contributed by atoms with van der Waals surface area (Å²) in [5.74, 6) is -1.76. The Balaban J connectivity index is 0.00000176. The van der Waals surface area contributed by atoms with Gasteiger partial charge in [-0.05, 0) is 0 Å². The molecule has 0 saturated carbocycles. The average Bonchev–Trinajstić information content (AvgIpc) is 2.84. The molecule has 1 unspecified atom stereocenters. The van der Waals surface area contributed by atoms with Gasteiger partial charge >= 0.3 is 156 Å². The van der Waals surface area contributed by atoms with Gasteiger partial charge in [0, 0.05) is 0 Å². The summed E-state index contributed by atoms with van der Waals surface area (Å²) in [6.45, 7) is 1.59. The largest absolute Gasteiger partial charge is 1.00 e. The third kappa shape index (κ3) is 3.14. The number of rotatable bonds is 3. The molecule has 2 aromatic carbocycles. The first-order valence-electron chi connectivity index (χ1n) is 6.50. The topological polar surface area (TPSA) is 62.1 Å². The number of nitrogens with zero attached hydrogens (tertiary/aromatic N) is 1. The molecule has 4 nitrogen and oxygen atoms in total. The molecule has 3 rings (SSSR count). The third-order valence-corrected chi connectivity index (χ3v) is 5.81. The van der Waals surface area contributed by atoms with Gasteiger partial charge in [-0.2, -0.15) is 0 Å². The van der Waals surface area contributed by atoms with Crippen molar-refractivity contribution in [1.82, 2.24) is 3.56 Å². The van der Waals surface area contributed by atoms with Crippen LogP contribution in [-0.2, 0) is 4.79 Å². The first kappa shape index (κ1) is 17.3. The summed E-state index contributed by atoms with van der Waals surface area (Å²) in [7, 11) is 0. The average molecular weight is 368 g/mol. The van der Waals surface area contributed by atoms with Crippen LogP contribution in [0.2, 0.25) is 0 Å². The van der Waals surface area contributed by atoms with Crippen LogP contribution in [-0.4, -0.2) is 24.3 Å². The Kier molecular flexibility index (Phi) is 5.48. The fourth-order valence-electron chi connectivity index (χ4n) is 2.18. The van der Waals surface area contributed by atoms with Crippen LogP contribution in [0.5, 0.6) is 0 Å². The molecule has 1 atom stereocenters. The minimum absolute atomic E-state index is 0. The van der Waals surface area contributed by atoms with Crippen LogP contribution in [0.4, 0.5) is 0 Å². The molecule has 0 radical (unpaired) electrons. The smallest absolute Gasteiger partial charge is 1.00 e. The monoisotopic (exact) mass is 369 g/mol. The molecule has 6 heteroatoms. The number of carboxylic acid groups (broad SMARTS) is 1. The molecule has 0 saturated heterocycles. The number of aliphatic carboxylic acids is 1. The van der Waals surface area contributed by atoms with E-state index in [1.165, 1.54) is 0 Å². The molecule has 3 aromatic rings. The van der Waals surface area contributed by atoms with Crippen molar-refractivity contribution in [2.45, 2.75) is 12.8 Å². The summed E-state index contributed by atoms with van der Waals surface area (Å²) in [5, 5.41) is 11.6. The van der Waals surface area contributed by atoms with Crippen molar-refractivity contribution in [3.8, 4) is 5.69 Å². The maximum Gasteiger partial charge on any atom is 1.00 e. The van der Waals surface area contributed by atoms with Crippen molar-refractivity contribution in [3.05, 3.63) is 64.4 Å². The predicted molar refractivity (Wildman–Crippen MR) is 79.9 cm³/mol. The second kappa shape index (κ2) is 6.99. The third-order valence-electron chi connectivity index (χ3n) is 3.47. The van der Waals surface area contributed by atoms with E-state index in [0.717, 1.165) is 15.3 Å². The molecule has 0 aliphatic heterocycles. The van der Waals surface area contributed by atoms with Gasteiger partial charge in [0.05, 0.1) is 0 Å². The van der Waals surface area contributed by atoms with E-state index in [4.69, 9.17) is 0 Å². The number of carbonyl (C=O) groups excluding carboxylic acids is 1. The quantitative estimate of drug-likeness (QED) is 0.498. The number of benzene rings is 2. The Bertz CT molecular complexity index is 867. The molecule has 1 aromatic heterocycles. The molecule has 0 fully saturated rings. The van der Waals surface area contributed by atoms with Gasteiger partial charge in [-0.25, -0.2) is 0 Å². The van der Waals surface area contributed by atoms with Crippen LogP contribution in [0, 0.1) is 0 Å². The number of carboxylic acids is 1. The summed E-state index contributed by atoms with van der Waals surface area (Å²) >= 11 is -0.0742. The number of hydrogen-bond donors (Lipinski definition) is 0. The van der Waals surface area contributed by atoms with E-state index >= 15 is 0 Å². The molecule has 0 aliphatic carbocycles. The van der Waals surface area contributed by atoms with Crippen LogP contribution >= 0.6 is 0 Å². The zero-order valence-electron chi connectivity index (χ0n) is 12.3. The van der Waals surface area contributed by atoms with Crippen molar-refractivity contribution in [3.63, 3.8) is 0 Å². The summed E-state index contributed by atoms with van der Waals surface area (Å²) in [5.41, 5.74) is 1.48. The van der Waals surface area contributed by atoms with Gasteiger partial charge in [-0.1, -0.05) is 0 Å². The molecular weight excluding hydrogens is 356 g/mol. The Morgan fingerprint density at radius 1 is 1.14 bits per heavy atom. The second-order valence-electron chi connectivity index (χ2n) is 4.82. The minimum Gasteiger partial charge on any atom is 1.00 e. The molecule has 0 aliphatic rings. The van der Waals surface area contributed by atoms with Gasteiger partial charge in [0.1, 0.15) is 0 Å². The Morgan fingerprint density at radius 3 is 2.36 bits per heavy atom.